The molecule has 0 bridgehead atoms. The molecule has 0 unspecified atom stereocenters. The summed E-state index contributed by atoms with van der Waals surface area (Å²) < 4.78 is 13.8. The highest BCUT2D eigenvalue weighted by Gasteiger charge is 2.14. The van der Waals surface area contributed by atoms with Crippen LogP contribution in [0, 0.1) is 12.7 Å². The van der Waals surface area contributed by atoms with Crippen molar-refractivity contribution in [3.63, 3.8) is 0 Å². The summed E-state index contributed by atoms with van der Waals surface area (Å²) in [6.45, 7) is 1.94. The van der Waals surface area contributed by atoms with Crippen LogP contribution in [-0.2, 0) is 0 Å². The minimum absolute atomic E-state index is 0.0788. The third-order valence-electron chi connectivity index (χ3n) is 3.40. The van der Waals surface area contributed by atoms with Crippen LogP contribution in [-0.4, -0.2) is 5.78 Å². The lowest BCUT2D eigenvalue weighted by atomic mass is 9.96. The SMILES string of the molecule is Cc1cccc(C(=O)c2ccc(F)c3ccccc23)c1. The first kappa shape index (κ1) is 12.5. The van der Waals surface area contributed by atoms with E-state index in [2.05, 4.69) is 0 Å². The monoisotopic (exact) mass is 264 g/mol. The molecule has 0 aliphatic carbocycles. The van der Waals surface area contributed by atoms with Gasteiger partial charge in [0, 0.05) is 16.5 Å². The molecule has 3 aromatic carbocycles. The third kappa shape index (κ3) is 2.10. The van der Waals surface area contributed by atoms with Crippen LogP contribution < -0.4 is 0 Å². The molecule has 0 aliphatic rings. The van der Waals surface area contributed by atoms with Crippen molar-refractivity contribution in [3.05, 3.63) is 83.2 Å². The number of aryl methyl sites for hydroxylation is 1. The number of hydrogen-bond acceptors (Lipinski definition) is 1. The van der Waals surface area contributed by atoms with Crippen molar-refractivity contribution >= 4 is 16.6 Å². The van der Waals surface area contributed by atoms with Gasteiger partial charge < -0.3 is 0 Å². The van der Waals surface area contributed by atoms with Crippen molar-refractivity contribution in [2.24, 2.45) is 0 Å². The summed E-state index contributed by atoms with van der Waals surface area (Å²) >= 11 is 0. The van der Waals surface area contributed by atoms with Gasteiger partial charge in [0.15, 0.2) is 5.78 Å². The van der Waals surface area contributed by atoms with E-state index >= 15 is 0 Å². The van der Waals surface area contributed by atoms with E-state index in [1.165, 1.54) is 6.07 Å². The van der Waals surface area contributed by atoms with Gasteiger partial charge in [-0.2, -0.15) is 0 Å². The molecule has 0 aromatic heterocycles. The Kier molecular flexibility index (Phi) is 3.07. The summed E-state index contributed by atoms with van der Waals surface area (Å²) in [5.41, 5.74) is 2.19. The van der Waals surface area contributed by atoms with Crippen molar-refractivity contribution in [3.8, 4) is 0 Å². The predicted molar refractivity (Wildman–Crippen MR) is 78.5 cm³/mol. The summed E-state index contributed by atoms with van der Waals surface area (Å²) in [6, 6.07) is 17.4. The molecule has 0 amide bonds. The first-order valence-corrected chi connectivity index (χ1v) is 6.45. The summed E-state index contributed by atoms with van der Waals surface area (Å²) in [7, 11) is 0. The van der Waals surface area contributed by atoms with E-state index in [9.17, 15) is 9.18 Å². The number of fused-ring (bicyclic) bond motifs is 1. The van der Waals surface area contributed by atoms with Crippen molar-refractivity contribution < 1.29 is 9.18 Å². The Balaban J connectivity index is 2.20. The third-order valence-corrected chi connectivity index (χ3v) is 3.40. The van der Waals surface area contributed by atoms with E-state index in [1.54, 1.807) is 30.3 Å². The van der Waals surface area contributed by atoms with E-state index in [0.717, 1.165) is 5.56 Å². The molecule has 0 fully saturated rings. The Morgan fingerprint density at radius 1 is 0.900 bits per heavy atom. The van der Waals surface area contributed by atoms with Gasteiger partial charge in [-0.15, -0.1) is 0 Å². The lowest BCUT2D eigenvalue weighted by Gasteiger charge is -2.07. The standard InChI is InChI=1S/C18H13FO/c1-12-5-4-6-13(11-12)18(20)16-9-10-17(19)15-8-3-2-7-14(15)16/h2-11H,1H3. The molecule has 0 atom stereocenters. The van der Waals surface area contributed by atoms with E-state index < -0.39 is 0 Å². The van der Waals surface area contributed by atoms with Gasteiger partial charge >= 0.3 is 0 Å². The molecule has 0 saturated carbocycles. The normalized spacial score (nSPS) is 10.7. The molecule has 0 aliphatic heterocycles. The number of benzene rings is 3. The summed E-state index contributed by atoms with van der Waals surface area (Å²) in [4.78, 5) is 12.6. The van der Waals surface area contributed by atoms with E-state index in [0.29, 0.717) is 21.9 Å². The van der Waals surface area contributed by atoms with Crippen molar-refractivity contribution in [2.45, 2.75) is 6.92 Å². The van der Waals surface area contributed by atoms with E-state index in [-0.39, 0.29) is 11.6 Å². The van der Waals surface area contributed by atoms with Crippen LogP contribution >= 0.6 is 0 Å². The fourth-order valence-corrected chi connectivity index (χ4v) is 2.40. The number of hydrogen-bond donors (Lipinski definition) is 0. The zero-order chi connectivity index (χ0) is 14.1. The molecular formula is C18H13FO. The molecular weight excluding hydrogens is 251 g/mol. The number of carbonyl (C=O) groups excluding carboxylic acids is 1. The molecule has 0 N–H and O–H groups in total. The first-order chi connectivity index (χ1) is 9.66. The van der Waals surface area contributed by atoms with Gasteiger partial charge in [0.05, 0.1) is 0 Å². The summed E-state index contributed by atoms with van der Waals surface area (Å²) in [6.07, 6.45) is 0. The van der Waals surface area contributed by atoms with Crippen LogP contribution in [0.3, 0.4) is 0 Å². The van der Waals surface area contributed by atoms with Crippen molar-refractivity contribution in [1.82, 2.24) is 0 Å². The van der Waals surface area contributed by atoms with Crippen molar-refractivity contribution in [1.29, 1.82) is 0 Å². The van der Waals surface area contributed by atoms with Crippen LogP contribution in [0.2, 0.25) is 0 Å². The molecule has 2 heteroatoms. The molecule has 0 spiro atoms. The Morgan fingerprint density at radius 2 is 1.65 bits per heavy atom. The zero-order valence-corrected chi connectivity index (χ0v) is 11.1. The van der Waals surface area contributed by atoms with Crippen molar-refractivity contribution in [2.75, 3.05) is 0 Å². The maximum absolute atomic E-state index is 13.8. The number of rotatable bonds is 2. The highest BCUT2D eigenvalue weighted by molar-refractivity contribution is 6.16. The number of ketones is 1. The van der Waals surface area contributed by atoms with Gasteiger partial charge in [-0.25, -0.2) is 4.39 Å². The lowest BCUT2D eigenvalue weighted by Crippen LogP contribution is -2.03. The van der Waals surface area contributed by atoms with Crippen LogP contribution in [0.4, 0.5) is 4.39 Å². The lowest BCUT2D eigenvalue weighted by molar-refractivity contribution is 0.104. The van der Waals surface area contributed by atoms with Gasteiger partial charge in [-0.1, -0.05) is 48.0 Å². The maximum atomic E-state index is 13.8. The second kappa shape index (κ2) is 4.89. The largest absolute Gasteiger partial charge is 0.289 e. The average molecular weight is 264 g/mol. The topological polar surface area (TPSA) is 17.1 Å². The molecule has 0 heterocycles. The zero-order valence-electron chi connectivity index (χ0n) is 11.1. The second-order valence-electron chi connectivity index (χ2n) is 4.84. The smallest absolute Gasteiger partial charge is 0.193 e. The average Bonchev–Trinajstić information content (AvgIpc) is 2.47. The summed E-state index contributed by atoms with van der Waals surface area (Å²) in [5, 5.41) is 1.13. The highest BCUT2D eigenvalue weighted by atomic mass is 19.1. The molecule has 3 aromatic rings. The van der Waals surface area contributed by atoms with Gasteiger partial charge in [0.2, 0.25) is 0 Å². The molecule has 0 saturated heterocycles. The Hall–Kier alpha value is -2.48. The Labute approximate surface area is 116 Å². The molecule has 0 radical (unpaired) electrons. The van der Waals surface area contributed by atoms with Crippen LogP contribution in [0.5, 0.6) is 0 Å². The minimum Gasteiger partial charge on any atom is -0.289 e. The molecule has 20 heavy (non-hydrogen) atoms. The quantitative estimate of drug-likeness (QED) is 0.622. The Morgan fingerprint density at radius 3 is 2.40 bits per heavy atom. The van der Waals surface area contributed by atoms with Gasteiger partial charge in [0.1, 0.15) is 5.82 Å². The second-order valence-corrected chi connectivity index (χ2v) is 4.84. The minimum atomic E-state index is -0.304. The van der Waals surface area contributed by atoms with Gasteiger partial charge in [0.25, 0.3) is 0 Å². The van der Waals surface area contributed by atoms with Crippen LogP contribution in [0.15, 0.2) is 60.7 Å². The van der Waals surface area contributed by atoms with Gasteiger partial charge in [-0.3, -0.25) is 4.79 Å². The fraction of sp³-hybridized carbons (Fsp3) is 0.0556. The first-order valence-electron chi connectivity index (χ1n) is 6.45. The van der Waals surface area contributed by atoms with Crippen LogP contribution in [0.1, 0.15) is 21.5 Å². The summed E-state index contributed by atoms with van der Waals surface area (Å²) in [5.74, 6) is -0.383. The van der Waals surface area contributed by atoms with E-state index in [1.807, 2.05) is 31.2 Å². The maximum Gasteiger partial charge on any atom is 0.193 e. The van der Waals surface area contributed by atoms with Gasteiger partial charge in [-0.05, 0) is 30.5 Å². The van der Waals surface area contributed by atoms with E-state index in [4.69, 9.17) is 0 Å². The molecule has 1 nitrogen and oxygen atoms in total. The van der Waals surface area contributed by atoms with Crippen LogP contribution in [0.25, 0.3) is 10.8 Å². The molecule has 3 rings (SSSR count). The number of carbonyl (C=O) groups is 1. The fourth-order valence-electron chi connectivity index (χ4n) is 2.40. The number of halogens is 1. The molecule has 98 valence electrons. The predicted octanol–water partition coefficient (Wildman–Crippen LogP) is 4.52. The highest BCUT2D eigenvalue weighted by Crippen LogP contribution is 2.24. The Bertz CT molecular complexity index is 805.